The third-order valence-electron chi connectivity index (χ3n) is 4.54. The van der Waals surface area contributed by atoms with Gasteiger partial charge in [0.25, 0.3) is 0 Å². The zero-order valence-electron chi connectivity index (χ0n) is 14.2. The fourth-order valence-electron chi connectivity index (χ4n) is 3.18. The van der Waals surface area contributed by atoms with Crippen LogP contribution in [0.2, 0.25) is 5.02 Å². The summed E-state index contributed by atoms with van der Waals surface area (Å²) in [6, 6.07) is 8.45. The number of carbonyl (C=O) groups is 1. The van der Waals surface area contributed by atoms with Gasteiger partial charge in [-0.3, -0.25) is 4.79 Å². The quantitative estimate of drug-likeness (QED) is 0.662. The Morgan fingerprint density at radius 2 is 2.04 bits per heavy atom. The first-order valence-corrected chi connectivity index (χ1v) is 8.65. The van der Waals surface area contributed by atoms with Gasteiger partial charge >= 0.3 is 0 Å². The van der Waals surface area contributed by atoms with Crippen molar-refractivity contribution in [2.75, 3.05) is 11.4 Å². The van der Waals surface area contributed by atoms with E-state index in [0.717, 1.165) is 0 Å². The molecule has 4 rings (SSSR count). The highest BCUT2D eigenvalue weighted by Crippen LogP contribution is 2.34. The molecule has 1 atom stereocenters. The van der Waals surface area contributed by atoms with Gasteiger partial charge in [-0.15, -0.1) is 0 Å². The Hall–Kier alpha value is -2.80. The normalized spacial score (nSPS) is 17.0. The van der Waals surface area contributed by atoms with Crippen molar-refractivity contribution in [1.82, 2.24) is 10.1 Å². The zero-order valence-corrected chi connectivity index (χ0v) is 15.0. The molecule has 0 radical (unpaired) electrons. The molecule has 0 N–H and O–H groups in total. The van der Waals surface area contributed by atoms with Crippen LogP contribution in [-0.2, 0) is 4.79 Å². The number of nitrogens with zero attached hydrogens (tertiary/aromatic N) is 3. The van der Waals surface area contributed by atoms with E-state index in [4.69, 9.17) is 16.1 Å². The number of rotatable bonds is 3. The molecule has 1 amide bonds. The average Bonchev–Trinajstić information content (AvgIpc) is 3.25. The standard InChI is InChI=1S/C19H14ClF2N3O2/c1-10-6-13(21)3-5-16(10)25-9-12(8-17(25)26)19-23-18(24-27-19)11-2-4-15(22)14(20)7-11/h2-7,12H,8-9H2,1H3. The second kappa shape index (κ2) is 6.74. The fraction of sp³-hybridized carbons (Fsp3) is 0.211. The molecule has 138 valence electrons. The molecule has 1 aliphatic heterocycles. The number of aryl methyl sites for hydroxylation is 1. The lowest BCUT2D eigenvalue weighted by molar-refractivity contribution is -0.117. The van der Waals surface area contributed by atoms with Crippen molar-refractivity contribution in [3.05, 3.63) is 64.5 Å². The minimum atomic E-state index is -0.532. The van der Waals surface area contributed by atoms with Crippen molar-refractivity contribution in [3.8, 4) is 11.4 Å². The summed E-state index contributed by atoms with van der Waals surface area (Å²) in [5, 5.41) is 3.87. The van der Waals surface area contributed by atoms with Crippen LogP contribution in [0.4, 0.5) is 14.5 Å². The lowest BCUT2D eigenvalue weighted by atomic mass is 10.1. The van der Waals surface area contributed by atoms with Gasteiger partial charge < -0.3 is 9.42 Å². The number of benzene rings is 2. The van der Waals surface area contributed by atoms with Crippen LogP contribution in [0.1, 0.15) is 23.8 Å². The molecule has 0 bridgehead atoms. The van der Waals surface area contributed by atoms with E-state index in [1.165, 1.54) is 30.3 Å². The number of aromatic nitrogens is 2. The summed E-state index contributed by atoms with van der Waals surface area (Å²) in [4.78, 5) is 18.4. The number of anilines is 1. The Labute approximate surface area is 158 Å². The Balaban J connectivity index is 1.57. The van der Waals surface area contributed by atoms with E-state index in [1.54, 1.807) is 17.9 Å². The number of hydrogen-bond donors (Lipinski definition) is 0. The minimum Gasteiger partial charge on any atom is -0.339 e. The van der Waals surface area contributed by atoms with Crippen molar-refractivity contribution < 1.29 is 18.1 Å². The summed E-state index contributed by atoms with van der Waals surface area (Å²) < 4.78 is 31.9. The lowest BCUT2D eigenvalue weighted by Gasteiger charge is -2.18. The molecule has 27 heavy (non-hydrogen) atoms. The average molecular weight is 390 g/mol. The summed E-state index contributed by atoms with van der Waals surface area (Å²) in [6.45, 7) is 2.11. The highest BCUT2D eigenvalue weighted by Gasteiger charge is 2.35. The van der Waals surface area contributed by atoms with Gasteiger partial charge in [0, 0.05) is 24.2 Å². The molecule has 3 aromatic rings. The van der Waals surface area contributed by atoms with Crippen LogP contribution < -0.4 is 4.90 Å². The van der Waals surface area contributed by atoms with E-state index >= 15 is 0 Å². The van der Waals surface area contributed by atoms with Crippen LogP contribution in [0, 0.1) is 18.6 Å². The number of hydrogen-bond acceptors (Lipinski definition) is 4. The van der Waals surface area contributed by atoms with Crippen LogP contribution in [0.15, 0.2) is 40.9 Å². The molecule has 0 saturated carbocycles. The largest absolute Gasteiger partial charge is 0.339 e. The zero-order chi connectivity index (χ0) is 19.1. The van der Waals surface area contributed by atoms with Crippen molar-refractivity contribution in [1.29, 1.82) is 0 Å². The third kappa shape index (κ3) is 3.30. The number of carbonyl (C=O) groups excluding carboxylic acids is 1. The molecule has 0 aliphatic carbocycles. The topological polar surface area (TPSA) is 59.2 Å². The number of halogens is 3. The molecule has 0 spiro atoms. The third-order valence-corrected chi connectivity index (χ3v) is 4.83. The summed E-state index contributed by atoms with van der Waals surface area (Å²) >= 11 is 5.79. The molecule has 1 saturated heterocycles. The van der Waals surface area contributed by atoms with Crippen molar-refractivity contribution in [2.45, 2.75) is 19.3 Å². The van der Waals surface area contributed by atoms with Crippen LogP contribution in [0.5, 0.6) is 0 Å². The van der Waals surface area contributed by atoms with Crippen molar-refractivity contribution in [2.24, 2.45) is 0 Å². The molecule has 8 heteroatoms. The SMILES string of the molecule is Cc1cc(F)ccc1N1CC(c2nc(-c3ccc(F)c(Cl)c3)no2)CC1=O. The second-order valence-corrected chi connectivity index (χ2v) is 6.83. The van der Waals surface area contributed by atoms with Crippen LogP contribution in [0.3, 0.4) is 0 Å². The summed E-state index contributed by atoms with van der Waals surface area (Å²) in [5.74, 6) is -0.662. The molecular formula is C19H14ClF2N3O2. The summed E-state index contributed by atoms with van der Waals surface area (Å²) in [7, 11) is 0. The smallest absolute Gasteiger partial charge is 0.232 e. The van der Waals surface area contributed by atoms with E-state index in [0.29, 0.717) is 29.2 Å². The van der Waals surface area contributed by atoms with Crippen molar-refractivity contribution in [3.63, 3.8) is 0 Å². The van der Waals surface area contributed by atoms with Crippen LogP contribution in [0.25, 0.3) is 11.4 Å². The predicted octanol–water partition coefficient (Wildman–Crippen LogP) is 4.50. The van der Waals surface area contributed by atoms with Crippen LogP contribution in [-0.4, -0.2) is 22.6 Å². The maximum atomic E-state index is 13.3. The Morgan fingerprint density at radius 1 is 1.22 bits per heavy atom. The molecule has 2 aromatic carbocycles. The van der Waals surface area contributed by atoms with Gasteiger partial charge in [0.05, 0.1) is 10.9 Å². The second-order valence-electron chi connectivity index (χ2n) is 6.42. The maximum absolute atomic E-state index is 13.3. The minimum absolute atomic E-state index is 0.0344. The van der Waals surface area contributed by atoms with Gasteiger partial charge in [-0.1, -0.05) is 16.8 Å². The van der Waals surface area contributed by atoms with E-state index in [1.807, 2.05) is 0 Å². The van der Waals surface area contributed by atoms with Gasteiger partial charge in [0.2, 0.25) is 17.6 Å². The fourth-order valence-corrected chi connectivity index (χ4v) is 3.36. The molecule has 1 aliphatic rings. The molecule has 5 nitrogen and oxygen atoms in total. The van der Waals surface area contributed by atoms with E-state index in [9.17, 15) is 13.6 Å². The first-order chi connectivity index (χ1) is 12.9. The van der Waals surface area contributed by atoms with Crippen LogP contribution >= 0.6 is 11.6 Å². The molecule has 1 aromatic heterocycles. The van der Waals surface area contributed by atoms with Gasteiger partial charge in [-0.25, -0.2) is 8.78 Å². The Morgan fingerprint density at radius 3 is 2.78 bits per heavy atom. The van der Waals surface area contributed by atoms with Gasteiger partial charge in [0.15, 0.2) is 0 Å². The highest BCUT2D eigenvalue weighted by molar-refractivity contribution is 6.31. The first-order valence-electron chi connectivity index (χ1n) is 8.28. The molecule has 1 fully saturated rings. The number of amides is 1. The van der Waals surface area contributed by atoms with Crippen molar-refractivity contribution >= 4 is 23.2 Å². The highest BCUT2D eigenvalue weighted by atomic mass is 35.5. The predicted molar refractivity (Wildman–Crippen MR) is 95.6 cm³/mol. The summed E-state index contributed by atoms with van der Waals surface area (Å²) in [5.41, 5.74) is 1.86. The van der Waals surface area contributed by atoms with E-state index in [-0.39, 0.29) is 34.9 Å². The monoisotopic (exact) mass is 389 g/mol. The maximum Gasteiger partial charge on any atom is 0.232 e. The first kappa shape index (κ1) is 17.6. The lowest BCUT2D eigenvalue weighted by Crippen LogP contribution is -2.25. The Kier molecular flexibility index (Phi) is 4.39. The van der Waals surface area contributed by atoms with Gasteiger partial charge in [-0.05, 0) is 48.9 Å². The molecule has 1 unspecified atom stereocenters. The summed E-state index contributed by atoms with van der Waals surface area (Å²) in [6.07, 6.45) is 0.211. The van der Waals surface area contributed by atoms with E-state index in [2.05, 4.69) is 10.1 Å². The van der Waals surface area contributed by atoms with E-state index < -0.39 is 5.82 Å². The van der Waals surface area contributed by atoms with Gasteiger partial charge in [-0.2, -0.15) is 4.98 Å². The van der Waals surface area contributed by atoms with Gasteiger partial charge in [0.1, 0.15) is 11.6 Å². The molecular weight excluding hydrogens is 376 g/mol. The Bertz CT molecular complexity index is 1040. The molecule has 2 heterocycles.